The Morgan fingerprint density at radius 1 is 1.47 bits per heavy atom. The molecule has 90 valence electrons. The van der Waals surface area contributed by atoms with E-state index in [1.807, 2.05) is 23.8 Å². The van der Waals surface area contributed by atoms with Gasteiger partial charge in [-0.25, -0.2) is 9.97 Å². The van der Waals surface area contributed by atoms with E-state index in [4.69, 9.17) is 5.73 Å². The topological polar surface area (TPSA) is 56.7 Å². The number of hydrogen-bond acceptors (Lipinski definition) is 3. The molecule has 2 N–H and O–H groups in total. The van der Waals surface area contributed by atoms with E-state index < -0.39 is 0 Å². The van der Waals surface area contributed by atoms with Crippen LogP contribution in [0.25, 0.3) is 11.2 Å². The van der Waals surface area contributed by atoms with Crippen LogP contribution in [-0.2, 0) is 6.54 Å². The number of nitrogen functional groups attached to an aromatic ring is 1. The predicted octanol–water partition coefficient (Wildman–Crippen LogP) is 2.51. The molecule has 3 rings (SSSR count). The van der Waals surface area contributed by atoms with Crippen LogP contribution >= 0.6 is 0 Å². The van der Waals surface area contributed by atoms with Crippen LogP contribution in [0.3, 0.4) is 0 Å². The molecule has 0 unspecified atom stereocenters. The number of fused-ring (bicyclic) bond motifs is 1. The molecule has 4 nitrogen and oxygen atoms in total. The van der Waals surface area contributed by atoms with Crippen molar-refractivity contribution in [1.29, 1.82) is 0 Å². The highest BCUT2D eigenvalue weighted by Gasteiger charge is 2.18. The third-order valence-electron chi connectivity index (χ3n) is 3.74. The van der Waals surface area contributed by atoms with Crippen LogP contribution in [0.2, 0.25) is 0 Å². The maximum Gasteiger partial charge on any atom is 0.202 e. The Labute approximate surface area is 101 Å². The molecule has 0 saturated heterocycles. The fraction of sp³-hybridized carbons (Fsp3) is 0.538. The molecule has 1 fully saturated rings. The third kappa shape index (κ3) is 1.88. The smallest absolute Gasteiger partial charge is 0.202 e. The van der Waals surface area contributed by atoms with Crippen LogP contribution in [-0.4, -0.2) is 14.5 Å². The minimum atomic E-state index is 0.595. The highest BCUT2D eigenvalue weighted by Crippen LogP contribution is 2.30. The summed E-state index contributed by atoms with van der Waals surface area (Å²) in [6.45, 7) is 2.97. The van der Waals surface area contributed by atoms with Crippen LogP contribution < -0.4 is 5.73 Å². The normalized spacial score (nSPS) is 16.3. The second kappa shape index (κ2) is 4.02. The summed E-state index contributed by atoms with van der Waals surface area (Å²) in [5, 5.41) is 0. The molecule has 0 bridgehead atoms. The van der Waals surface area contributed by atoms with E-state index in [9.17, 15) is 0 Å². The van der Waals surface area contributed by atoms with E-state index in [0.717, 1.165) is 29.2 Å². The zero-order valence-electron chi connectivity index (χ0n) is 10.2. The summed E-state index contributed by atoms with van der Waals surface area (Å²) >= 11 is 0. The monoisotopic (exact) mass is 230 g/mol. The summed E-state index contributed by atoms with van der Waals surface area (Å²) in [4.78, 5) is 8.82. The molecule has 1 saturated carbocycles. The Balaban J connectivity index is 1.88. The first-order chi connectivity index (χ1) is 8.24. The second-order valence-corrected chi connectivity index (χ2v) is 5.06. The van der Waals surface area contributed by atoms with E-state index >= 15 is 0 Å². The first kappa shape index (κ1) is 10.6. The molecule has 2 aromatic heterocycles. The van der Waals surface area contributed by atoms with Crippen molar-refractivity contribution in [1.82, 2.24) is 14.5 Å². The Kier molecular flexibility index (Phi) is 2.50. The average Bonchev–Trinajstić information content (AvgIpc) is 2.52. The molecule has 0 amide bonds. The van der Waals surface area contributed by atoms with Crippen LogP contribution in [0.5, 0.6) is 0 Å². The lowest BCUT2D eigenvalue weighted by Gasteiger charge is -2.25. The number of hydrogen-bond donors (Lipinski definition) is 1. The minimum Gasteiger partial charge on any atom is -0.369 e. The van der Waals surface area contributed by atoms with Gasteiger partial charge in [0, 0.05) is 12.7 Å². The molecule has 17 heavy (non-hydrogen) atoms. The van der Waals surface area contributed by atoms with Gasteiger partial charge in [-0.1, -0.05) is 19.3 Å². The Morgan fingerprint density at radius 3 is 3.00 bits per heavy atom. The lowest BCUT2D eigenvalue weighted by atomic mass is 9.83. The number of aryl methyl sites for hydroxylation is 2. The maximum absolute atomic E-state index is 5.96. The van der Waals surface area contributed by atoms with E-state index in [2.05, 4.69) is 9.97 Å². The predicted molar refractivity (Wildman–Crippen MR) is 68.6 cm³/mol. The van der Waals surface area contributed by atoms with Crippen LogP contribution in [0, 0.1) is 12.8 Å². The van der Waals surface area contributed by atoms with Gasteiger partial charge in [-0.15, -0.1) is 0 Å². The zero-order valence-corrected chi connectivity index (χ0v) is 10.2. The number of anilines is 1. The van der Waals surface area contributed by atoms with Crippen LogP contribution in [0.15, 0.2) is 12.3 Å². The Morgan fingerprint density at radius 2 is 2.29 bits per heavy atom. The number of pyridine rings is 1. The van der Waals surface area contributed by atoms with E-state index in [1.165, 1.54) is 25.7 Å². The highest BCUT2D eigenvalue weighted by atomic mass is 15.2. The van der Waals surface area contributed by atoms with Crippen LogP contribution in [0.4, 0.5) is 5.95 Å². The van der Waals surface area contributed by atoms with Gasteiger partial charge >= 0.3 is 0 Å². The van der Waals surface area contributed by atoms with Gasteiger partial charge in [-0.3, -0.25) is 4.57 Å². The Hall–Kier alpha value is -1.58. The van der Waals surface area contributed by atoms with E-state index in [0.29, 0.717) is 5.95 Å². The SMILES string of the molecule is Cc1cnc2c(c1)nc(N)n2CCC1CCC1. The standard InChI is InChI=1S/C13H18N4/c1-9-7-11-12(15-8-9)17(13(14)16-11)6-5-10-3-2-4-10/h7-8,10H,2-6H2,1H3,(H2,14,16). The molecule has 0 atom stereocenters. The second-order valence-electron chi connectivity index (χ2n) is 5.06. The van der Waals surface area contributed by atoms with Crippen molar-refractivity contribution in [3.05, 3.63) is 17.8 Å². The molecule has 1 aliphatic rings. The molecule has 2 heterocycles. The molecular formula is C13H18N4. The molecule has 2 aromatic rings. The zero-order chi connectivity index (χ0) is 11.8. The van der Waals surface area contributed by atoms with Gasteiger partial charge in [0.1, 0.15) is 5.52 Å². The summed E-state index contributed by atoms with van der Waals surface area (Å²) < 4.78 is 2.05. The van der Waals surface area contributed by atoms with Crippen LogP contribution in [0.1, 0.15) is 31.2 Å². The molecule has 0 aliphatic heterocycles. The number of rotatable bonds is 3. The molecule has 0 spiro atoms. The summed E-state index contributed by atoms with van der Waals surface area (Å²) in [5.74, 6) is 1.48. The van der Waals surface area contributed by atoms with Crippen molar-refractivity contribution in [2.45, 2.75) is 39.2 Å². The summed E-state index contributed by atoms with van der Waals surface area (Å²) in [6, 6.07) is 2.04. The van der Waals surface area contributed by atoms with Gasteiger partial charge in [0.05, 0.1) is 0 Å². The molecule has 0 radical (unpaired) electrons. The number of nitrogens with zero attached hydrogens (tertiary/aromatic N) is 3. The van der Waals surface area contributed by atoms with E-state index in [-0.39, 0.29) is 0 Å². The van der Waals surface area contributed by atoms with Gasteiger partial charge < -0.3 is 5.73 Å². The fourth-order valence-corrected chi connectivity index (χ4v) is 2.44. The summed E-state index contributed by atoms with van der Waals surface area (Å²) in [5.41, 5.74) is 8.92. The lowest BCUT2D eigenvalue weighted by Crippen LogP contribution is -2.15. The number of nitrogens with two attached hydrogens (primary N) is 1. The maximum atomic E-state index is 5.96. The largest absolute Gasteiger partial charge is 0.369 e. The first-order valence-electron chi connectivity index (χ1n) is 6.32. The molecule has 4 heteroatoms. The van der Waals surface area contributed by atoms with E-state index in [1.54, 1.807) is 0 Å². The fourth-order valence-electron chi connectivity index (χ4n) is 2.44. The molecule has 0 aromatic carbocycles. The van der Waals surface area contributed by atoms with Gasteiger partial charge in [0.2, 0.25) is 5.95 Å². The molecular weight excluding hydrogens is 212 g/mol. The van der Waals surface area contributed by atoms with Crippen molar-refractivity contribution in [2.75, 3.05) is 5.73 Å². The van der Waals surface area contributed by atoms with Crippen molar-refractivity contribution in [3.63, 3.8) is 0 Å². The van der Waals surface area contributed by atoms with Crippen molar-refractivity contribution >= 4 is 17.1 Å². The van der Waals surface area contributed by atoms with Gasteiger partial charge in [-0.2, -0.15) is 0 Å². The van der Waals surface area contributed by atoms with Crippen molar-refractivity contribution < 1.29 is 0 Å². The van der Waals surface area contributed by atoms with Crippen molar-refractivity contribution in [3.8, 4) is 0 Å². The summed E-state index contributed by atoms with van der Waals surface area (Å²) in [6.07, 6.45) is 7.22. The first-order valence-corrected chi connectivity index (χ1v) is 6.32. The quantitative estimate of drug-likeness (QED) is 0.881. The minimum absolute atomic E-state index is 0.595. The summed E-state index contributed by atoms with van der Waals surface area (Å²) in [7, 11) is 0. The van der Waals surface area contributed by atoms with Gasteiger partial charge in [0.25, 0.3) is 0 Å². The number of aromatic nitrogens is 3. The highest BCUT2D eigenvalue weighted by molar-refractivity contribution is 5.74. The van der Waals surface area contributed by atoms with Crippen molar-refractivity contribution in [2.24, 2.45) is 5.92 Å². The third-order valence-corrected chi connectivity index (χ3v) is 3.74. The molecule has 1 aliphatic carbocycles. The number of imidazole rings is 1. The van der Waals surface area contributed by atoms with Gasteiger partial charge in [-0.05, 0) is 30.9 Å². The average molecular weight is 230 g/mol. The van der Waals surface area contributed by atoms with Gasteiger partial charge in [0.15, 0.2) is 5.65 Å². The Bertz CT molecular complexity index is 540. The lowest BCUT2D eigenvalue weighted by molar-refractivity contribution is 0.284.